The summed E-state index contributed by atoms with van der Waals surface area (Å²) >= 11 is 0. The third kappa shape index (κ3) is 1.54. The Morgan fingerprint density at radius 2 is 2.38 bits per heavy atom. The van der Waals surface area contributed by atoms with Crippen molar-refractivity contribution >= 4 is 12.4 Å². The molecule has 0 atom stereocenters. The quantitative estimate of drug-likeness (QED) is 0.606. The molecule has 0 aromatic carbocycles. The van der Waals surface area contributed by atoms with Gasteiger partial charge < -0.3 is 4.98 Å². The van der Waals surface area contributed by atoms with Crippen LogP contribution in [0, 0.1) is 0 Å². The van der Waals surface area contributed by atoms with Crippen molar-refractivity contribution in [2.45, 2.75) is 6.67 Å². The smallest absolute Gasteiger partial charge is 0.129 e. The predicted octanol–water partition coefficient (Wildman–Crippen LogP) is 1.91. The summed E-state index contributed by atoms with van der Waals surface area (Å²) in [6.07, 6.45) is 1.70. The van der Waals surface area contributed by atoms with Gasteiger partial charge in [-0.25, -0.2) is 4.39 Å². The van der Waals surface area contributed by atoms with E-state index in [4.69, 9.17) is 0 Å². The van der Waals surface area contributed by atoms with E-state index in [9.17, 15) is 4.39 Å². The Morgan fingerprint density at radius 1 is 1.62 bits per heavy atom. The lowest BCUT2D eigenvalue weighted by atomic mass is 10.5. The van der Waals surface area contributed by atoms with Gasteiger partial charge in [-0.2, -0.15) is 0 Å². The SMILES string of the molecule is Cl.FCc1ccc[nH]1. The molecule has 0 aliphatic heterocycles. The van der Waals surface area contributed by atoms with Crippen LogP contribution in [0.3, 0.4) is 0 Å². The van der Waals surface area contributed by atoms with Gasteiger partial charge in [0.2, 0.25) is 0 Å². The molecule has 3 heteroatoms. The second kappa shape index (κ2) is 3.50. The van der Waals surface area contributed by atoms with Gasteiger partial charge in [0, 0.05) is 11.9 Å². The minimum atomic E-state index is -0.396. The second-order valence-electron chi connectivity index (χ2n) is 1.33. The van der Waals surface area contributed by atoms with E-state index in [1.165, 1.54) is 0 Å². The van der Waals surface area contributed by atoms with Crippen LogP contribution in [-0.2, 0) is 6.67 Å². The monoisotopic (exact) mass is 135 g/mol. The highest BCUT2D eigenvalue weighted by molar-refractivity contribution is 5.85. The number of hydrogen-bond donors (Lipinski definition) is 1. The van der Waals surface area contributed by atoms with E-state index in [2.05, 4.69) is 4.98 Å². The minimum Gasteiger partial charge on any atom is -0.363 e. The van der Waals surface area contributed by atoms with Gasteiger partial charge in [-0.1, -0.05) is 0 Å². The van der Waals surface area contributed by atoms with Crippen molar-refractivity contribution in [3.05, 3.63) is 24.0 Å². The first-order valence-corrected chi connectivity index (χ1v) is 2.11. The van der Waals surface area contributed by atoms with Crippen LogP contribution >= 0.6 is 12.4 Å². The molecule has 8 heavy (non-hydrogen) atoms. The van der Waals surface area contributed by atoms with Crippen LogP contribution in [0.2, 0.25) is 0 Å². The molecule has 1 rings (SSSR count). The summed E-state index contributed by atoms with van der Waals surface area (Å²) in [6.45, 7) is -0.396. The van der Waals surface area contributed by atoms with Crippen molar-refractivity contribution in [3.63, 3.8) is 0 Å². The minimum absolute atomic E-state index is 0. The average Bonchev–Trinajstić information content (AvgIpc) is 2.14. The lowest BCUT2D eigenvalue weighted by Gasteiger charge is -1.78. The lowest BCUT2D eigenvalue weighted by molar-refractivity contribution is 0.477. The van der Waals surface area contributed by atoms with Crippen LogP contribution in [0.15, 0.2) is 18.3 Å². The third-order valence-corrected chi connectivity index (χ3v) is 0.806. The standard InChI is InChI=1S/C5H6FN.ClH/c6-4-5-2-1-3-7-5;/h1-3,7H,4H2;1H. The number of aromatic nitrogens is 1. The van der Waals surface area contributed by atoms with Crippen LogP contribution in [0.5, 0.6) is 0 Å². The molecule has 0 radical (unpaired) electrons. The van der Waals surface area contributed by atoms with Gasteiger partial charge in [-0.3, -0.25) is 0 Å². The van der Waals surface area contributed by atoms with Gasteiger partial charge in [0.05, 0.1) is 0 Å². The van der Waals surface area contributed by atoms with Crippen LogP contribution in [-0.4, -0.2) is 4.98 Å². The molecule has 0 fully saturated rings. The van der Waals surface area contributed by atoms with Gasteiger partial charge in [0.1, 0.15) is 6.67 Å². The molecule has 1 aromatic rings. The topological polar surface area (TPSA) is 15.8 Å². The average molecular weight is 136 g/mol. The number of aromatic amines is 1. The Bertz CT molecular complexity index is 127. The Balaban J connectivity index is 0.000000490. The van der Waals surface area contributed by atoms with Gasteiger partial charge in [-0.15, -0.1) is 12.4 Å². The Morgan fingerprint density at radius 3 is 2.62 bits per heavy atom. The molecule has 1 heterocycles. The normalized spacial score (nSPS) is 8.12. The van der Waals surface area contributed by atoms with E-state index in [1.807, 2.05) is 0 Å². The zero-order chi connectivity index (χ0) is 5.11. The van der Waals surface area contributed by atoms with Crippen LogP contribution < -0.4 is 0 Å². The van der Waals surface area contributed by atoms with E-state index in [0.29, 0.717) is 5.69 Å². The molecule has 0 aliphatic carbocycles. The second-order valence-corrected chi connectivity index (χ2v) is 1.33. The molecule has 0 bridgehead atoms. The van der Waals surface area contributed by atoms with Crippen molar-refractivity contribution in [3.8, 4) is 0 Å². The highest BCUT2D eigenvalue weighted by Crippen LogP contribution is 1.93. The fourth-order valence-electron chi connectivity index (χ4n) is 0.451. The van der Waals surface area contributed by atoms with E-state index >= 15 is 0 Å². The number of nitrogens with one attached hydrogen (secondary N) is 1. The maximum Gasteiger partial charge on any atom is 0.129 e. The van der Waals surface area contributed by atoms with E-state index in [-0.39, 0.29) is 12.4 Å². The zero-order valence-electron chi connectivity index (χ0n) is 4.23. The first-order valence-electron chi connectivity index (χ1n) is 2.11. The van der Waals surface area contributed by atoms with Crippen LogP contribution in [0.4, 0.5) is 4.39 Å². The Kier molecular flexibility index (Phi) is 3.28. The largest absolute Gasteiger partial charge is 0.363 e. The highest BCUT2D eigenvalue weighted by Gasteiger charge is 1.84. The van der Waals surface area contributed by atoms with Crippen LogP contribution in [0.25, 0.3) is 0 Å². The van der Waals surface area contributed by atoms with Gasteiger partial charge >= 0.3 is 0 Å². The Hall–Kier alpha value is -0.500. The molecule has 46 valence electrons. The fraction of sp³-hybridized carbons (Fsp3) is 0.200. The predicted molar refractivity (Wildman–Crippen MR) is 32.9 cm³/mol. The molecule has 0 unspecified atom stereocenters. The number of hydrogen-bond acceptors (Lipinski definition) is 0. The van der Waals surface area contributed by atoms with E-state index in [1.54, 1.807) is 18.3 Å². The molecule has 1 aromatic heterocycles. The summed E-state index contributed by atoms with van der Waals surface area (Å²) in [5.41, 5.74) is 0.639. The van der Waals surface area contributed by atoms with Crippen molar-refractivity contribution in [1.29, 1.82) is 0 Å². The molecule has 0 saturated carbocycles. The van der Waals surface area contributed by atoms with E-state index < -0.39 is 6.67 Å². The molecule has 0 amide bonds. The van der Waals surface area contributed by atoms with E-state index in [0.717, 1.165) is 0 Å². The summed E-state index contributed by atoms with van der Waals surface area (Å²) in [6, 6.07) is 3.48. The molecule has 0 saturated heterocycles. The third-order valence-electron chi connectivity index (χ3n) is 0.806. The van der Waals surface area contributed by atoms with Gasteiger partial charge in [0.15, 0.2) is 0 Å². The summed E-state index contributed by atoms with van der Waals surface area (Å²) in [5.74, 6) is 0. The number of H-pyrrole nitrogens is 1. The van der Waals surface area contributed by atoms with Crippen molar-refractivity contribution in [2.24, 2.45) is 0 Å². The zero-order valence-corrected chi connectivity index (χ0v) is 5.04. The summed E-state index contributed by atoms with van der Waals surface area (Å²) < 4.78 is 11.5. The fourth-order valence-corrected chi connectivity index (χ4v) is 0.451. The van der Waals surface area contributed by atoms with Gasteiger partial charge in [0.25, 0.3) is 0 Å². The summed E-state index contributed by atoms with van der Waals surface area (Å²) in [5, 5.41) is 0. The lowest BCUT2D eigenvalue weighted by Crippen LogP contribution is -1.71. The maximum absolute atomic E-state index is 11.5. The molecular weight excluding hydrogens is 129 g/mol. The highest BCUT2D eigenvalue weighted by atomic mass is 35.5. The molecular formula is C5H7ClFN. The molecule has 1 nitrogen and oxygen atoms in total. The van der Waals surface area contributed by atoms with Crippen molar-refractivity contribution < 1.29 is 4.39 Å². The Labute approximate surface area is 53.3 Å². The van der Waals surface area contributed by atoms with Crippen molar-refractivity contribution in [2.75, 3.05) is 0 Å². The van der Waals surface area contributed by atoms with Gasteiger partial charge in [-0.05, 0) is 12.1 Å². The molecule has 1 N–H and O–H groups in total. The number of rotatable bonds is 1. The first kappa shape index (κ1) is 7.50. The molecule has 0 aliphatic rings. The number of alkyl halides is 1. The number of halogens is 2. The van der Waals surface area contributed by atoms with Crippen molar-refractivity contribution in [1.82, 2.24) is 4.98 Å². The summed E-state index contributed by atoms with van der Waals surface area (Å²) in [7, 11) is 0. The first-order chi connectivity index (χ1) is 3.43. The maximum atomic E-state index is 11.5. The van der Waals surface area contributed by atoms with Crippen LogP contribution in [0.1, 0.15) is 5.69 Å². The summed E-state index contributed by atoms with van der Waals surface area (Å²) in [4.78, 5) is 2.71. The molecule has 0 spiro atoms.